The Morgan fingerprint density at radius 3 is 2.48 bits per heavy atom. The Morgan fingerprint density at radius 1 is 1.09 bits per heavy atom. The summed E-state index contributed by atoms with van der Waals surface area (Å²) in [5.74, 6) is -2.56. The number of hydrogen-bond donors (Lipinski definition) is 2. The minimum Gasteiger partial charge on any atom is -0.462 e. The second-order valence-corrected chi connectivity index (χ2v) is 8.37. The number of carbonyl (C=O) groups excluding carboxylic acids is 3. The van der Waals surface area contributed by atoms with E-state index in [1.165, 1.54) is 6.92 Å². The van der Waals surface area contributed by atoms with E-state index in [1.807, 2.05) is 18.2 Å². The number of allylic oxidation sites excluding steroid dienone is 1. The number of nitrogens with one attached hydrogen (secondary N) is 1. The number of esters is 3. The van der Waals surface area contributed by atoms with Crippen molar-refractivity contribution in [3.05, 3.63) is 86.9 Å². The van der Waals surface area contributed by atoms with Crippen molar-refractivity contribution in [3.8, 4) is 0 Å². The number of fused-ring (bicyclic) bond motifs is 2. The molecule has 0 saturated heterocycles. The molecule has 0 amide bonds. The minimum atomic E-state index is -1.95. The van der Waals surface area contributed by atoms with E-state index in [1.54, 1.807) is 37.3 Å². The molecule has 1 spiro atoms. The predicted octanol–water partition coefficient (Wildman–Crippen LogP) is 3.42. The van der Waals surface area contributed by atoms with E-state index in [9.17, 15) is 14.4 Å². The molecule has 0 aromatic heterocycles. The number of anilines is 1. The number of halogens is 1. The maximum absolute atomic E-state index is 13.5. The molecule has 0 aliphatic carbocycles. The Morgan fingerprint density at radius 2 is 1.79 bits per heavy atom. The summed E-state index contributed by atoms with van der Waals surface area (Å²) in [5.41, 5.74) is 5.48. The van der Waals surface area contributed by atoms with Crippen molar-refractivity contribution < 1.29 is 28.6 Å². The maximum Gasteiger partial charge on any atom is 0.339 e. The third-order valence-electron chi connectivity index (χ3n) is 5.47. The molecule has 0 saturated carbocycles. The fourth-order valence-corrected chi connectivity index (χ4v) is 4.50. The fourth-order valence-electron chi connectivity index (χ4n) is 4.14. The molecule has 4 rings (SSSR count). The summed E-state index contributed by atoms with van der Waals surface area (Å²) >= 11 is 3.40. The van der Waals surface area contributed by atoms with E-state index in [4.69, 9.17) is 19.9 Å². The second kappa shape index (κ2) is 8.74. The van der Waals surface area contributed by atoms with Crippen LogP contribution in [-0.2, 0) is 40.6 Å². The Hall–Kier alpha value is -3.59. The van der Waals surface area contributed by atoms with E-state index in [-0.39, 0.29) is 35.9 Å². The number of ether oxygens (including phenoxy) is 3. The van der Waals surface area contributed by atoms with Crippen molar-refractivity contribution in [1.29, 1.82) is 0 Å². The van der Waals surface area contributed by atoms with Crippen LogP contribution >= 0.6 is 15.9 Å². The largest absolute Gasteiger partial charge is 0.462 e. The number of cyclic esters (lactones) is 1. The van der Waals surface area contributed by atoms with Gasteiger partial charge in [0.05, 0.1) is 6.61 Å². The van der Waals surface area contributed by atoms with Gasteiger partial charge in [0.15, 0.2) is 5.41 Å². The zero-order valence-electron chi connectivity index (χ0n) is 17.9. The molecule has 2 aliphatic rings. The lowest BCUT2D eigenvalue weighted by molar-refractivity contribution is -0.147. The third-order valence-corrected chi connectivity index (χ3v) is 5.97. The van der Waals surface area contributed by atoms with Gasteiger partial charge in [0.25, 0.3) is 0 Å². The smallest absolute Gasteiger partial charge is 0.339 e. The zero-order chi connectivity index (χ0) is 23.8. The molecule has 2 heterocycles. The Kier molecular flexibility index (Phi) is 5.99. The topological polar surface area (TPSA) is 117 Å². The average Bonchev–Trinajstić information content (AvgIpc) is 3.04. The lowest BCUT2D eigenvalue weighted by Crippen LogP contribution is -2.47. The molecule has 1 atom stereocenters. The van der Waals surface area contributed by atoms with Crippen LogP contribution in [0.2, 0.25) is 0 Å². The number of hydrogen-bond acceptors (Lipinski definition) is 8. The van der Waals surface area contributed by atoms with E-state index < -0.39 is 23.3 Å². The van der Waals surface area contributed by atoms with Crippen LogP contribution in [0.25, 0.3) is 0 Å². The molecular formula is C24H21BrN2O6. The standard InChI is InChI=1S/C24H21BrN2O6/c1-3-31-22(29)19-20(26)27-17-10-9-15(25)11-16(17)24(19)18(13(2)33-23(24)30)21(28)32-12-14-7-5-4-6-8-14/h4-11,27H,3,12,26H2,1-2H3. The van der Waals surface area contributed by atoms with Crippen molar-refractivity contribution in [2.45, 2.75) is 25.9 Å². The van der Waals surface area contributed by atoms with E-state index >= 15 is 0 Å². The molecule has 170 valence electrons. The molecule has 2 aromatic rings. The molecule has 1 unspecified atom stereocenters. The first-order valence-electron chi connectivity index (χ1n) is 10.2. The highest BCUT2D eigenvalue weighted by Crippen LogP contribution is 2.53. The van der Waals surface area contributed by atoms with Crippen LogP contribution in [0.3, 0.4) is 0 Å². The lowest BCUT2D eigenvalue weighted by atomic mass is 9.67. The summed E-state index contributed by atoms with van der Waals surface area (Å²) < 4.78 is 16.8. The molecular weight excluding hydrogens is 492 g/mol. The second-order valence-electron chi connectivity index (χ2n) is 7.46. The summed E-state index contributed by atoms with van der Waals surface area (Å²) in [6.45, 7) is 3.12. The molecule has 0 fully saturated rings. The molecule has 3 N–H and O–H groups in total. The highest BCUT2D eigenvalue weighted by atomic mass is 79.9. The number of nitrogens with two attached hydrogens (primary N) is 1. The summed E-state index contributed by atoms with van der Waals surface area (Å²) in [6.07, 6.45) is 0. The Bertz CT molecular complexity index is 1220. The summed E-state index contributed by atoms with van der Waals surface area (Å²) in [4.78, 5) is 40.0. The van der Waals surface area contributed by atoms with Crippen LogP contribution in [-0.4, -0.2) is 24.5 Å². The summed E-state index contributed by atoms with van der Waals surface area (Å²) in [6, 6.07) is 14.2. The van der Waals surface area contributed by atoms with E-state index in [0.717, 1.165) is 5.56 Å². The van der Waals surface area contributed by atoms with Crippen LogP contribution in [0.4, 0.5) is 5.69 Å². The van der Waals surface area contributed by atoms with Gasteiger partial charge >= 0.3 is 17.9 Å². The average molecular weight is 513 g/mol. The number of benzene rings is 2. The maximum atomic E-state index is 13.5. The van der Waals surface area contributed by atoms with E-state index in [2.05, 4.69) is 21.2 Å². The van der Waals surface area contributed by atoms with Crippen molar-refractivity contribution in [3.63, 3.8) is 0 Å². The molecule has 0 bridgehead atoms. The molecule has 0 radical (unpaired) electrons. The molecule has 9 heteroatoms. The molecule has 2 aromatic carbocycles. The Labute approximate surface area is 198 Å². The van der Waals surface area contributed by atoms with Gasteiger partial charge in [-0.25, -0.2) is 14.4 Å². The van der Waals surface area contributed by atoms with Gasteiger partial charge in [-0.15, -0.1) is 0 Å². The van der Waals surface area contributed by atoms with Gasteiger partial charge in [-0.05, 0) is 37.6 Å². The number of carbonyl (C=O) groups is 3. The SMILES string of the molecule is CCOC(=O)C1=C(N)Nc2ccc(Br)cc2C12C(=O)OC(C)=C2C(=O)OCc1ccccc1. The predicted molar refractivity (Wildman–Crippen MR) is 122 cm³/mol. The van der Waals surface area contributed by atoms with Gasteiger partial charge in [-0.2, -0.15) is 0 Å². The first-order valence-corrected chi connectivity index (χ1v) is 11.0. The van der Waals surface area contributed by atoms with Crippen LogP contribution in [0.1, 0.15) is 25.0 Å². The van der Waals surface area contributed by atoms with Gasteiger partial charge in [0.2, 0.25) is 0 Å². The highest BCUT2D eigenvalue weighted by Gasteiger charge is 2.62. The van der Waals surface area contributed by atoms with Crippen LogP contribution in [0.5, 0.6) is 0 Å². The zero-order valence-corrected chi connectivity index (χ0v) is 19.5. The third kappa shape index (κ3) is 3.68. The fraction of sp³-hybridized carbons (Fsp3) is 0.208. The van der Waals surface area contributed by atoms with Gasteiger partial charge in [-0.1, -0.05) is 46.3 Å². The Balaban J connectivity index is 1.89. The quantitative estimate of drug-likeness (QED) is 0.462. The number of rotatable bonds is 5. The van der Waals surface area contributed by atoms with Crippen molar-refractivity contribution in [2.24, 2.45) is 5.73 Å². The van der Waals surface area contributed by atoms with E-state index in [0.29, 0.717) is 15.7 Å². The first kappa shape index (κ1) is 22.6. The highest BCUT2D eigenvalue weighted by molar-refractivity contribution is 9.10. The summed E-state index contributed by atoms with van der Waals surface area (Å²) in [5, 5.41) is 2.93. The molecule has 8 nitrogen and oxygen atoms in total. The van der Waals surface area contributed by atoms with Gasteiger partial charge in [-0.3, -0.25) is 0 Å². The molecule has 33 heavy (non-hydrogen) atoms. The normalized spacial score (nSPS) is 19.2. The van der Waals surface area contributed by atoms with Crippen LogP contribution in [0, 0.1) is 0 Å². The van der Waals surface area contributed by atoms with Gasteiger partial charge in [0.1, 0.15) is 29.3 Å². The lowest BCUT2D eigenvalue weighted by Gasteiger charge is -2.36. The minimum absolute atomic E-state index is 0.0282. The molecule has 2 aliphatic heterocycles. The van der Waals surface area contributed by atoms with Gasteiger partial charge in [0, 0.05) is 15.7 Å². The van der Waals surface area contributed by atoms with Crippen LogP contribution < -0.4 is 11.1 Å². The summed E-state index contributed by atoms with van der Waals surface area (Å²) in [7, 11) is 0. The van der Waals surface area contributed by atoms with Crippen LogP contribution in [0.15, 0.2) is 75.7 Å². The monoisotopic (exact) mass is 512 g/mol. The van der Waals surface area contributed by atoms with Crippen molar-refractivity contribution >= 4 is 39.5 Å². The van der Waals surface area contributed by atoms with Gasteiger partial charge < -0.3 is 25.3 Å². The van der Waals surface area contributed by atoms with Crippen molar-refractivity contribution in [1.82, 2.24) is 0 Å². The first-order chi connectivity index (χ1) is 15.8. The van der Waals surface area contributed by atoms with Crippen molar-refractivity contribution in [2.75, 3.05) is 11.9 Å².